The summed E-state index contributed by atoms with van der Waals surface area (Å²) in [4.78, 5) is 10.4. The molecule has 0 saturated carbocycles. The first-order valence-corrected chi connectivity index (χ1v) is 18.0. The van der Waals surface area contributed by atoms with E-state index >= 15 is 0 Å². The van der Waals surface area contributed by atoms with Crippen LogP contribution >= 0.6 is 0 Å². The van der Waals surface area contributed by atoms with Crippen molar-refractivity contribution in [3.8, 4) is 61.8 Å². The van der Waals surface area contributed by atoms with Crippen LogP contribution in [0.25, 0.3) is 94.4 Å². The van der Waals surface area contributed by atoms with Gasteiger partial charge in [0.25, 0.3) is 0 Å². The lowest BCUT2D eigenvalue weighted by Gasteiger charge is -2.15. The molecule has 0 saturated heterocycles. The Bertz CT molecular complexity index is 2930. The second-order valence-electron chi connectivity index (χ2n) is 13.4. The van der Waals surface area contributed by atoms with Crippen molar-refractivity contribution < 1.29 is 0 Å². The van der Waals surface area contributed by atoms with E-state index in [1.54, 1.807) is 0 Å². The number of nitrogens with zero attached hydrogens (tertiary/aromatic N) is 3. The van der Waals surface area contributed by atoms with Crippen molar-refractivity contribution in [2.24, 2.45) is 0 Å². The van der Waals surface area contributed by atoms with E-state index in [1.807, 2.05) is 18.2 Å². The van der Waals surface area contributed by atoms with Crippen LogP contribution in [0.1, 0.15) is 0 Å². The summed E-state index contributed by atoms with van der Waals surface area (Å²) in [5.74, 6) is 0.704. The Morgan fingerprint density at radius 2 is 0.868 bits per heavy atom. The minimum atomic E-state index is 0.704. The number of hydrogen-bond donors (Lipinski definition) is 0. The van der Waals surface area contributed by atoms with Gasteiger partial charge in [0.05, 0.1) is 22.4 Å². The highest BCUT2D eigenvalue weighted by Gasteiger charge is 2.17. The lowest BCUT2D eigenvalue weighted by atomic mass is 9.92. The van der Waals surface area contributed by atoms with E-state index in [4.69, 9.17) is 9.97 Å². The molecule has 8 aromatic carbocycles. The second kappa shape index (κ2) is 12.9. The van der Waals surface area contributed by atoms with E-state index in [0.29, 0.717) is 5.82 Å². The zero-order valence-electron chi connectivity index (χ0n) is 28.9. The van der Waals surface area contributed by atoms with Gasteiger partial charge in [0.2, 0.25) is 0 Å². The van der Waals surface area contributed by atoms with Crippen molar-refractivity contribution in [3.05, 3.63) is 200 Å². The van der Waals surface area contributed by atoms with Crippen LogP contribution in [0.4, 0.5) is 0 Å². The zero-order valence-corrected chi connectivity index (χ0v) is 28.9. The van der Waals surface area contributed by atoms with Gasteiger partial charge in [-0.2, -0.15) is 0 Å². The quantitative estimate of drug-likeness (QED) is 0.176. The predicted molar refractivity (Wildman–Crippen MR) is 221 cm³/mol. The van der Waals surface area contributed by atoms with Crippen molar-refractivity contribution in [2.45, 2.75) is 0 Å². The molecular weight excluding hydrogens is 643 g/mol. The number of aromatic nitrogens is 3. The molecule has 0 unspecified atom stereocenters. The highest BCUT2D eigenvalue weighted by molar-refractivity contribution is 6.12. The number of fused-ring (bicyclic) bond motifs is 4. The summed E-state index contributed by atoms with van der Waals surface area (Å²) < 4.78 is 2.38. The van der Waals surface area contributed by atoms with Gasteiger partial charge in [-0.1, -0.05) is 164 Å². The molecule has 3 nitrogen and oxygen atoms in total. The van der Waals surface area contributed by atoms with E-state index < -0.39 is 0 Å². The Hall–Kier alpha value is -7.10. The fourth-order valence-electron chi connectivity index (χ4n) is 7.71. The maximum absolute atomic E-state index is 5.23. The molecule has 2 aromatic heterocycles. The molecule has 0 atom stereocenters. The average molecular weight is 676 g/mol. The fraction of sp³-hybridized carbons (Fsp3) is 0. The average Bonchev–Trinajstić information content (AvgIpc) is 3.58. The van der Waals surface area contributed by atoms with Gasteiger partial charge in [-0.3, -0.25) is 0 Å². The van der Waals surface area contributed by atoms with Crippen LogP contribution in [0.3, 0.4) is 0 Å². The van der Waals surface area contributed by atoms with E-state index in [1.165, 1.54) is 43.9 Å². The Morgan fingerprint density at radius 3 is 1.64 bits per heavy atom. The van der Waals surface area contributed by atoms with Crippen LogP contribution in [0.2, 0.25) is 0 Å². The largest absolute Gasteiger partial charge is 0.309 e. The summed E-state index contributed by atoms with van der Waals surface area (Å²) in [6.45, 7) is 0. The molecule has 3 heteroatoms. The van der Waals surface area contributed by atoms with E-state index in [-0.39, 0.29) is 0 Å². The third-order valence-corrected chi connectivity index (χ3v) is 10.2. The first-order chi connectivity index (χ1) is 26.3. The van der Waals surface area contributed by atoms with Gasteiger partial charge in [-0.05, 0) is 69.4 Å². The molecule has 53 heavy (non-hydrogen) atoms. The number of para-hydroxylation sites is 2. The summed E-state index contributed by atoms with van der Waals surface area (Å²) in [6, 6.07) is 70.9. The van der Waals surface area contributed by atoms with Gasteiger partial charge in [-0.25, -0.2) is 9.97 Å². The molecule has 0 radical (unpaired) electrons. The summed E-state index contributed by atoms with van der Waals surface area (Å²) in [6.07, 6.45) is 0. The maximum Gasteiger partial charge on any atom is 0.160 e. The van der Waals surface area contributed by atoms with E-state index in [2.05, 4.69) is 187 Å². The summed E-state index contributed by atoms with van der Waals surface area (Å²) in [7, 11) is 0. The van der Waals surface area contributed by atoms with E-state index in [9.17, 15) is 0 Å². The molecular formula is C50H33N3. The smallest absolute Gasteiger partial charge is 0.160 e. The Labute approximate surface area is 308 Å². The third kappa shape index (κ3) is 5.47. The van der Waals surface area contributed by atoms with Crippen molar-refractivity contribution in [1.82, 2.24) is 14.5 Å². The molecule has 0 spiro atoms. The van der Waals surface area contributed by atoms with Crippen LogP contribution in [0.5, 0.6) is 0 Å². The van der Waals surface area contributed by atoms with Crippen molar-refractivity contribution in [1.29, 1.82) is 0 Å². The zero-order chi connectivity index (χ0) is 35.1. The second-order valence-corrected chi connectivity index (χ2v) is 13.4. The first-order valence-electron chi connectivity index (χ1n) is 18.0. The van der Waals surface area contributed by atoms with Gasteiger partial charge in [-0.15, -0.1) is 0 Å². The van der Waals surface area contributed by atoms with Gasteiger partial charge >= 0.3 is 0 Å². The lowest BCUT2D eigenvalue weighted by Crippen LogP contribution is -1.97. The molecule has 0 aliphatic heterocycles. The van der Waals surface area contributed by atoms with Crippen LogP contribution in [-0.2, 0) is 0 Å². The molecule has 0 amide bonds. The Balaban J connectivity index is 1.15. The summed E-state index contributed by atoms with van der Waals surface area (Å²) in [5, 5.41) is 4.82. The molecule has 10 aromatic rings. The van der Waals surface area contributed by atoms with Gasteiger partial charge in [0, 0.05) is 33.2 Å². The first kappa shape index (κ1) is 30.7. The molecule has 0 bridgehead atoms. The summed E-state index contributed by atoms with van der Waals surface area (Å²) in [5.41, 5.74) is 13.1. The molecule has 0 fully saturated rings. The number of rotatable bonds is 6. The minimum Gasteiger partial charge on any atom is -0.309 e. The van der Waals surface area contributed by atoms with Gasteiger partial charge < -0.3 is 4.57 Å². The Morgan fingerprint density at radius 1 is 0.302 bits per heavy atom. The molecule has 0 aliphatic rings. The van der Waals surface area contributed by atoms with Crippen molar-refractivity contribution in [2.75, 3.05) is 0 Å². The third-order valence-electron chi connectivity index (χ3n) is 10.2. The van der Waals surface area contributed by atoms with Crippen molar-refractivity contribution >= 4 is 32.6 Å². The molecule has 2 heterocycles. The molecule has 10 rings (SSSR count). The molecule has 248 valence electrons. The fourth-order valence-corrected chi connectivity index (χ4v) is 7.71. The van der Waals surface area contributed by atoms with Gasteiger partial charge in [0.15, 0.2) is 5.82 Å². The van der Waals surface area contributed by atoms with Gasteiger partial charge in [0.1, 0.15) is 0 Å². The SMILES string of the molecule is c1ccc(-c2cccc(-c3cc(-c4ccc(-c5ccc6c7ccccc7n(-c7ccccc7)c6c5)c5ccccc45)nc(-c4ccccc4)n3)c2)cc1. The van der Waals surface area contributed by atoms with Crippen LogP contribution in [0.15, 0.2) is 200 Å². The normalized spacial score (nSPS) is 11.4. The van der Waals surface area contributed by atoms with Crippen LogP contribution in [0, 0.1) is 0 Å². The predicted octanol–water partition coefficient (Wildman–Crippen LogP) is 13.1. The standard InChI is InChI=1S/C50H33N3/c1-4-15-34(16-5-1)36-19-14-20-38(31-36)46-33-47(52-50(51-46)35-17-6-2-7-18-35)43-30-29-40(41-23-10-11-24-42(41)43)37-27-28-45-44-25-12-13-26-48(44)53(49(45)32-37)39-21-8-3-9-22-39/h1-33H. The maximum atomic E-state index is 5.23. The van der Waals surface area contributed by atoms with Crippen molar-refractivity contribution in [3.63, 3.8) is 0 Å². The van der Waals surface area contributed by atoms with Crippen LogP contribution < -0.4 is 0 Å². The molecule has 0 N–H and O–H groups in total. The highest BCUT2D eigenvalue weighted by atomic mass is 15.0. The monoisotopic (exact) mass is 675 g/mol. The highest BCUT2D eigenvalue weighted by Crippen LogP contribution is 2.40. The summed E-state index contributed by atoms with van der Waals surface area (Å²) >= 11 is 0. The van der Waals surface area contributed by atoms with E-state index in [0.717, 1.165) is 44.7 Å². The Kier molecular flexibility index (Phi) is 7.47. The lowest BCUT2D eigenvalue weighted by molar-refractivity contribution is 1.18. The van der Waals surface area contributed by atoms with Crippen LogP contribution in [-0.4, -0.2) is 14.5 Å². The topological polar surface area (TPSA) is 30.7 Å². The number of benzene rings is 8. The molecule has 0 aliphatic carbocycles. The minimum absolute atomic E-state index is 0.704. The number of hydrogen-bond acceptors (Lipinski definition) is 2.